The van der Waals surface area contributed by atoms with E-state index in [2.05, 4.69) is 37.6 Å². The molecule has 0 radical (unpaired) electrons. The summed E-state index contributed by atoms with van der Waals surface area (Å²) in [7, 11) is -1.72. The minimum Gasteiger partial charge on any atom is -0.297 e. The lowest BCUT2D eigenvalue weighted by molar-refractivity contribution is -0.110. The second kappa shape index (κ2) is 8.33. The first-order chi connectivity index (χ1) is 13.2. The van der Waals surface area contributed by atoms with Crippen LogP contribution in [0.5, 0.6) is 0 Å². The summed E-state index contributed by atoms with van der Waals surface area (Å²) in [6.07, 6.45) is 0.661. The van der Waals surface area contributed by atoms with E-state index >= 15 is 0 Å². The van der Waals surface area contributed by atoms with Crippen molar-refractivity contribution in [3.63, 3.8) is 0 Å². The Morgan fingerprint density at radius 2 is 1.71 bits per heavy atom. The summed E-state index contributed by atoms with van der Waals surface area (Å²) in [4.78, 5) is 5.60. The number of nitrogens with zero attached hydrogens (tertiary/aromatic N) is 1. The predicted octanol–water partition coefficient (Wildman–Crippen LogP) is 3.43. The Morgan fingerprint density at radius 1 is 1.07 bits per heavy atom. The molecule has 0 unspecified atom stereocenters. The van der Waals surface area contributed by atoms with Gasteiger partial charge in [-0.15, -0.1) is 0 Å². The van der Waals surface area contributed by atoms with Crippen molar-refractivity contribution >= 4 is 10.0 Å². The molecule has 2 aromatic carbocycles. The molecule has 0 aromatic heterocycles. The average Bonchev–Trinajstić information content (AvgIpc) is 3.04. The van der Waals surface area contributed by atoms with Gasteiger partial charge in [0.15, 0.2) is 0 Å². The lowest BCUT2D eigenvalue weighted by atomic mass is 9.86. The smallest absolute Gasteiger partial charge is 0.218 e. The van der Waals surface area contributed by atoms with Crippen LogP contribution in [0.1, 0.15) is 43.5 Å². The number of rotatable bonds is 6. The van der Waals surface area contributed by atoms with Gasteiger partial charge in [-0.3, -0.25) is 4.84 Å². The summed E-state index contributed by atoms with van der Waals surface area (Å²) >= 11 is 0. The van der Waals surface area contributed by atoms with E-state index in [1.165, 1.54) is 5.56 Å². The molecule has 1 fully saturated rings. The van der Waals surface area contributed by atoms with Crippen LogP contribution in [0, 0.1) is 0 Å². The molecule has 28 heavy (non-hydrogen) atoms. The zero-order valence-corrected chi connectivity index (χ0v) is 17.9. The second-order valence-corrected chi connectivity index (χ2v) is 10.4. The highest BCUT2D eigenvalue weighted by Crippen LogP contribution is 2.34. The molecule has 2 atom stereocenters. The maximum absolute atomic E-state index is 13.0. The second-order valence-electron chi connectivity index (χ2n) is 8.37. The number of hydroxylamine groups is 2. The molecule has 0 spiro atoms. The molecule has 1 saturated heterocycles. The largest absolute Gasteiger partial charge is 0.297 e. The summed E-state index contributed by atoms with van der Waals surface area (Å²) in [6.45, 7) is 7.02. The Hall–Kier alpha value is -1.73. The molecular formula is C22H30N2O3S. The van der Waals surface area contributed by atoms with Crippen molar-refractivity contribution in [3.05, 3.63) is 71.3 Å². The van der Waals surface area contributed by atoms with Crippen LogP contribution in [0.4, 0.5) is 0 Å². The Morgan fingerprint density at radius 3 is 2.32 bits per heavy atom. The van der Waals surface area contributed by atoms with Crippen LogP contribution >= 0.6 is 0 Å². The van der Waals surface area contributed by atoms with Crippen molar-refractivity contribution in [1.29, 1.82) is 0 Å². The standard InChI is InChI=1S/C22H30N2O3S/c1-22(2,3)19-12-10-18(11-13-19)21-20(16-27-24(21)4)28(25,26)23-15-14-17-8-6-5-7-9-17/h5-13,20-21,23H,14-16H2,1-4H3/t20-,21-/m1/s1. The van der Waals surface area contributed by atoms with E-state index in [1.54, 1.807) is 12.1 Å². The van der Waals surface area contributed by atoms with E-state index in [1.807, 2.05) is 42.5 Å². The molecule has 5 nitrogen and oxygen atoms in total. The first-order valence-corrected chi connectivity index (χ1v) is 11.2. The topological polar surface area (TPSA) is 58.6 Å². The molecule has 0 saturated carbocycles. The molecule has 0 bridgehead atoms. The molecule has 3 rings (SSSR count). The van der Waals surface area contributed by atoms with Crippen LogP contribution < -0.4 is 4.72 Å². The van der Waals surface area contributed by atoms with Gasteiger partial charge in [0.05, 0.1) is 12.6 Å². The first kappa shape index (κ1) is 21.0. The molecule has 0 amide bonds. The SMILES string of the molecule is CN1OC[C@@H](S(=O)(=O)NCCc2ccccc2)[C@H]1c1ccc(C(C)(C)C)cc1. The summed E-state index contributed by atoms with van der Waals surface area (Å²) in [6, 6.07) is 17.7. The van der Waals surface area contributed by atoms with Crippen molar-refractivity contribution in [3.8, 4) is 0 Å². The zero-order valence-electron chi connectivity index (χ0n) is 17.1. The third-order valence-electron chi connectivity index (χ3n) is 5.26. The number of sulfonamides is 1. The molecule has 6 heteroatoms. The summed E-state index contributed by atoms with van der Waals surface area (Å²) in [5, 5.41) is 1.02. The molecule has 1 N–H and O–H groups in total. The van der Waals surface area contributed by atoms with Gasteiger partial charge in [-0.1, -0.05) is 75.4 Å². The molecule has 1 heterocycles. The molecule has 2 aromatic rings. The minimum absolute atomic E-state index is 0.0566. The third kappa shape index (κ3) is 4.81. The van der Waals surface area contributed by atoms with Gasteiger partial charge in [0.25, 0.3) is 0 Å². The summed E-state index contributed by atoms with van der Waals surface area (Å²) in [5.74, 6) is 0. The van der Waals surface area contributed by atoms with Crippen molar-refractivity contribution in [2.75, 3.05) is 20.2 Å². The van der Waals surface area contributed by atoms with E-state index in [0.717, 1.165) is 11.1 Å². The number of benzene rings is 2. The van der Waals surface area contributed by atoms with Crippen molar-refractivity contribution in [2.24, 2.45) is 0 Å². The van der Waals surface area contributed by atoms with Crippen LogP contribution in [0.15, 0.2) is 54.6 Å². The Labute approximate surface area is 168 Å². The summed E-state index contributed by atoms with van der Waals surface area (Å²) < 4.78 is 28.7. The van der Waals surface area contributed by atoms with Crippen molar-refractivity contribution in [2.45, 2.75) is 43.9 Å². The Bertz CT molecular complexity index is 874. The number of nitrogens with one attached hydrogen (secondary N) is 1. The normalized spacial score (nSPS) is 21.1. The van der Waals surface area contributed by atoms with E-state index < -0.39 is 15.3 Å². The fourth-order valence-corrected chi connectivity index (χ4v) is 5.06. The van der Waals surface area contributed by atoms with Gasteiger partial charge in [0, 0.05) is 13.6 Å². The predicted molar refractivity (Wildman–Crippen MR) is 112 cm³/mol. The molecule has 152 valence electrons. The van der Waals surface area contributed by atoms with Gasteiger partial charge in [-0.2, -0.15) is 5.06 Å². The van der Waals surface area contributed by atoms with E-state index in [9.17, 15) is 8.42 Å². The minimum atomic E-state index is -3.52. The molecule has 1 aliphatic heterocycles. The van der Waals surface area contributed by atoms with Gasteiger partial charge >= 0.3 is 0 Å². The van der Waals surface area contributed by atoms with Crippen LogP contribution in [-0.2, 0) is 26.7 Å². The van der Waals surface area contributed by atoms with Gasteiger partial charge in [0.2, 0.25) is 10.0 Å². The molecular weight excluding hydrogens is 372 g/mol. The Kier molecular flexibility index (Phi) is 6.25. The van der Waals surface area contributed by atoms with Crippen molar-refractivity contribution in [1.82, 2.24) is 9.79 Å². The maximum atomic E-state index is 13.0. The first-order valence-electron chi connectivity index (χ1n) is 9.67. The maximum Gasteiger partial charge on any atom is 0.218 e. The van der Waals surface area contributed by atoms with Gasteiger partial charge in [-0.25, -0.2) is 13.1 Å². The highest BCUT2D eigenvalue weighted by Gasteiger charge is 2.43. The summed E-state index contributed by atoms with van der Waals surface area (Å²) in [5.41, 5.74) is 3.34. The third-order valence-corrected chi connectivity index (χ3v) is 7.06. The van der Waals surface area contributed by atoms with E-state index in [4.69, 9.17) is 4.84 Å². The highest BCUT2D eigenvalue weighted by atomic mass is 32.2. The highest BCUT2D eigenvalue weighted by molar-refractivity contribution is 7.90. The van der Waals surface area contributed by atoms with Crippen LogP contribution in [0.2, 0.25) is 0 Å². The lowest BCUT2D eigenvalue weighted by Gasteiger charge is -2.25. The fourth-order valence-electron chi connectivity index (χ4n) is 3.55. The molecule has 1 aliphatic rings. The van der Waals surface area contributed by atoms with E-state index in [0.29, 0.717) is 13.0 Å². The van der Waals surface area contributed by atoms with E-state index in [-0.39, 0.29) is 18.1 Å². The zero-order chi connectivity index (χ0) is 20.4. The average molecular weight is 403 g/mol. The monoisotopic (exact) mass is 402 g/mol. The van der Waals surface area contributed by atoms with Crippen LogP contribution in [0.3, 0.4) is 0 Å². The quantitative estimate of drug-likeness (QED) is 0.804. The van der Waals surface area contributed by atoms with Gasteiger partial charge < -0.3 is 0 Å². The van der Waals surface area contributed by atoms with Gasteiger partial charge in [-0.05, 0) is 28.5 Å². The van der Waals surface area contributed by atoms with Gasteiger partial charge in [0.1, 0.15) is 5.25 Å². The molecule has 0 aliphatic carbocycles. The van der Waals surface area contributed by atoms with Crippen molar-refractivity contribution < 1.29 is 13.3 Å². The fraction of sp³-hybridized carbons (Fsp3) is 0.455. The van der Waals surface area contributed by atoms with Crippen LogP contribution in [0.25, 0.3) is 0 Å². The lowest BCUT2D eigenvalue weighted by Crippen LogP contribution is -2.40. The number of hydrogen-bond donors (Lipinski definition) is 1. The Balaban J connectivity index is 1.72. The van der Waals surface area contributed by atoms with Crippen LogP contribution in [-0.4, -0.2) is 38.9 Å². The number of hydrogen-bond acceptors (Lipinski definition) is 4.